The van der Waals surface area contributed by atoms with Crippen molar-refractivity contribution in [3.63, 3.8) is 0 Å². The Morgan fingerprint density at radius 2 is 2.17 bits per heavy atom. The molecule has 3 heteroatoms. The topological polar surface area (TPSA) is 15.3 Å². The van der Waals surface area contributed by atoms with Crippen LogP contribution in [0.1, 0.15) is 38.2 Å². The van der Waals surface area contributed by atoms with Crippen LogP contribution in [0.15, 0.2) is 30.4 Å². The van der Waals surface area contributed by atoms with Gasteiger partial charge in [-0.15, -0.1) is 0 Å². The molecule has 0 aromatic heterocycles. The van der Waals surface area contributed by atoms with Crippen LogP contribution in [0.2, 0.25) is 0 Å². The van der Waals surface area contributed by atoms with Crippen molar-refractivity contribution in [2.45, 2.75) is 38.0 Å². The molecule has 23 heavy (non-hydrogen) atoms. The molecule has 2 nitrogen and oxygen atoms in total. The van der Waals surface area contributed by atoms with Crippen molar-refractivity contribution in [3.05, 3.63) is 41.7 Å². The predicted octanol–water partition coefficient (Wildman–Crippen LogP) is 4.19. The summed E-state index contributed by atoms with van der Waals surface area (Å²) in [6.07, 6.45) is 9.62. The summed E-state index contributed by atoms with van der Waals surface area (Å²) in [5.74, 6) is 1.42. The lowest BCUT2D eigenvalue weighted by atomic mass is 9.74. The van der Waals surface area contributed by atoms with Crippen LogP contribution >= 0.6 is 0 Å². The van der Waals surface area contributed by atoms with E-state index < -0.39 is 0 Å². The predicted molar refractivity (Wildman–Crippen MR) is 93.3 cm³/mol. The van der Waals surface area contributed by atoms with Crippen molar-refractivity contribution in [2.24, 2.45) is 11.8 Å². The number of nitrogens with one attached hydrogen (secondary N) is 1. The molecule has 1 aromatic rings. The molecule has 0 amide bonds. The van der Waals surface area contributed by atoms with Gasteiger partial charge in [0.15, 0.2) is 0 Å². The standard InChI is InChI=1S/C20H27FN2/c1-15(16-4-2-3-5-16)13-23-10-8-20(9-11-23)14-22-19-7-6-17(21)12-18(19)20/h2,4,6-7,12,15-16,22H,3,5,8-11,13-14H2,1H3/t15-,16+/m1/s1. The Morgan fingerprint density at radius 1 is 1.35 bits per heavy atom. The third-order valence-corrected chi connectivity index (χ3v) is 6.31. The third-order valence-electron chi connectivity index (χ3n) is 6.31. The van der Waals surface area contributed by atoms with Crippen LogP contribution in [0, 0.1) is 17.7 Å². The number of hydrogen-bond acceptors (Lipinski definition) is 2. The molecule has 2 heterocycles. The number of likely N-dealkylation sites (tertiary alicyclic amines) is 1. The van der Waals surface area contributed by atoms with Crippen LogP contribution in [0.25, 0.3) is 0 Å². The molecule has 1 saturated heterocycles. The van der Waals surface area contributed by atoms with Gasteiger partial charge < -0.3 is 10.2 Å². The lowest BCUT2D eigenvalue weighted by Crippen LogP contribution is -2.45. The van der Waals surface area contributed by atoms with E-state index in [0.29, 0.717) is 0 Å². The number of rotatable bonds is 3. The highest BCUT2D eigenvalue weighted by Gasteiger charge is 2.41. The zero-order valence-corrected chi connectivity index (χ0v) is 14.0. The van der Waals surface area contributed by atoms with Crippen LogP contribution in [0.3, 0.4) is 0 Å². The Morgan fingerprint density at radius 3 is 2.91 bits per heavy atom. The van der Waals surface area contributed by atoms with Gasteiger partial charge in [0.2, 0.25) is 0 Å². The maximum Gasteiger partial charge on any atom is 0.123 e. The van der Waals surface area contributed by atoms with Gasteiger partial charge in [0, 0.05) is 24.2 Å². The van der Waals surface area contributed by atoms with E-state index >= 15 is 0 Å². The van der Waals surface area contributed by atoms with Gasteiger partial charge in [-0.3, -0.25) is 0 Å². The van der Waals surface area contributed by atoms with Crippen LogP contribution in [0.4, 0.5) is 10.1 Å². The van der Waals surface area contributed by atoms with Crippen LogP contribution in [0.5, 0.6) is 0 Å². The number of fused-ring (bicyclic) bond motifs is 2. The molecule has 3 aliphatic rings. The van der Waals surface area contributed by atoms with Crippen molar-refractivity contribution >= 4 is 5.69 Å². The Balaban J connectivity index is 1.40. The number of benzene rings is 1. The smallest absolute Gasteiger partial charge is 0.123 e. The second-order valence-electron chi connectivity index (χ2n) is 7.77. The normalized spacial score (nSPS) is 27.1. The Kier molecular flexibility index (Phi) is 3.92. The van der Waals surface area contributed by atoms with Gasteiger partial charge in [-0.1, -0.05) is 19.1 Å². The van der Waals surface area contributed by atoms with E-state index in [1.807, 2.05) is 6.07 Å². The number of anilines is 1. The van der Waals surface area contributed by atoms with E-state index in [9.17, 15) is 4.39 Å². The van der Waals surface area contributed by atoms with Gasteiger partial charge in [0.1, 0.15) is 5.82 Å². The summed E-state index contributed by atoms with van der Waals surface area (Å²) in [4.78, 5) is 2.62. The van der Waals surface area contributed by atoms with E-state index in [4.69, 9.17) is 0 Å². The highest BCUT2D eigenvalue weighted by molar-refractivity contribution is 5.60. The van der Waals surface area contributed by atoms with E-state index in [1.54, 1.807) is 12.1 Å². The molecular formula is C20H27FN2. The number of nitrogens with zero attached hydrogens (tertiary/aromatic N) is 1. The quantitative estimate of drug-likeness (QED) is 0.842. The summed E-state index contributed by atoms with van der Waals surface area (Å²) < 4.78 is 13.7. The molecule has 1 aromatic carbocycles. The Hall–Kier alpha value is -1.35. The molecular weight excluding hydrogens is 287 g/mol. The van der Waals surface area contributed by atoms with Crippen molar-refractivity contribution in [2.75, 3.05) is 31.5 Å². The molecule has 2 aliphatic heterocycles. The highest BCUT2D eigenvalue weighted by Crippen LogP contribution is 2.44. The first-order valence-electron chi connectivity index (χ1n) is 9.09. The Labute approximate surface area is 138 Å². The lowest BCUT2D eigenvalue weighted by molar-refractivity contribution is 0.140. The number of allylic oxidation sites excluding steroid dienone is 2. The molecule has 4 rings (SSSR count). The number of piperidine rings is 1. The summed E-state index contributed by atoms with van der Waals surface area (Å²) in [5, 5.41) is 3.49. The fourth-order valence-corrected chi connectivity index (χ4v) is 4.75. The lowest BCUT2D eigenvalue weighted by Gasteiger charge is -2.40. The minimum atomic E-state index is -0.101. The average molecular weight is 314 g/mol. The van der Waals surface area contributed by atoms with Crippen molar-refractivity contribution < 1.29 is 4.39 Å². The highest BCUT2D eigenvalue weighted by atomic mass is 19.1. The van der Waals surface area contributed by atoms with E-state index in [2.05, 4.69) is 29.3 Å². The first-order chi connectivity index (χ1) is 11.2. The number of hydrogen-bond donors (Lipinski definition) is 1. The first kappa shape index (κ1) is 15.2. The zero-order valence-electron chi connectivity index (χ0n) is 14.0. The van der Waals surface area contributed by atoms with Gasteiger partial charge in [-0.2, -0.15) is 0 Å². The molecule has 0 saturated carbocycles. The first-order valence-corrected chi connectivity index (χ1v) is 9.09. The fourth-order valence-electron chi connectivity index (χ4n) is 4.75. The van der Waals surface area contributed by atoms with E-state index in [-0.39, 0.29) is 11.2 Å². The second kappa shape index (κ2) is 5.94. The average Bonchev–Trinajstić information content (AvgIpc) is 3.20. The minimum absolute atomic E-state index is 0.101. The van der Waals surface area contributed by atoms with Crippen LogP contribution < -0.4 is 5.32 Å². The van der Waals surface area contributed by atoms with Gasteiger partial charge in [-0.05, 0) is 74.4 Å². The molecule has 2 atom stereocenters. The van der Waals surface area contributed by atoms with Gasteiger partial charge in [-0.25, -0.2) is 4.39 Å². The zero-order chi connectivity index (χ0) is 15.9. The molecule has 1 spiro atoms. The third kappa shape index (κ3) is 2.80. The molecule has 0 bridgehead atoms. The molecule has 0 unspecified atom stereocenters. The fraction of sp³-hybridized carbons (Fsp3) is 0.600. The minimum Gasteiger partial charge on any atom is -0.384 e. The van der Waals surface area contributed by atoms with Crippen molar-refractivity contribution in [1.29, 1.82) is 0 Å². The van der Waals surface area contributed by atoms with E-state index in [1.165, 1.54) is 24.9 Å². The summed E-state index contributed by atoms with van der Waals surface area (Å²) >= 11 is 0. The van der Waals surface area contributed by atoms with Crippen molar-refractivity contribution in [3.8, 4) is 0 Å². The number of halogens is 1. The second-order valence-corrected chi connectivity index (χ2v) is 7.77. The molecule has 1 aliphatic carbocycles. The van der Waals surface area contributed by atoms with Crippen molar-refractivity contribution in [1.82, 2.24) is 4.90 Å². The largest absolute Gasteiger partial charge is 0.384 e. The Bertz CT molecular complexity index is 602. The van der Waals surface area contributed by atoms with Gasteiger partial charge in [0.25, 0.3) is 0 Å². The molecule has 0 radical (unpaired) electrons. The SMILES string of the molecule is C[C@H](CN1CCC2(CC1)CNc1ccc(F)cc12)[C@H]1C=CCC1. The van der Waals surface area contributed by atoms with Gasteiger partial charge >= 0.3 is 0 Å². The molecule has 1 fully saturated rings. The van der Waals surface area contributed by atoms with Crippen LogP contribution in [-0.4, -0.2) is 31.1 Å². The maximum absolute atomic E-state index is 13.7. The summed E-state index contributed by atoms with van der Waals surface area (Å²) in [6.45, 7) is 6.85. The molecule has 124 valence electrons. The maximum atomic E-state index is 13.7. The van der Waals surface area contributed by atoms with Crippen LogP contribution in [-0.2, 0) is 5.41 Å². The van der Waals surface area contributed by atoms with Gasteiger partial charge in [0.05, 0.1) is 0 Å². The summed E-state index contributed by atoms with van der Waals surface area (Å²) in [7, 11) is 0. The summed E-state index contributed by atoms with van der Waals surface area (Å²) in [5.41, 5.74) is 2.51. The summed E-state index contributed by atoms with van der Waals surface area (Å²) in [6, 6.07) is 5.23. The monoisotopic (exact) mass is 314 g/mol. The van der Waals surface area contributed by atoms with E-state index in [0.717, 1.165) is 50.0 Å². The molecule has 1 N–H and O–H groups in total.